The SMILES string of the molecule is CCOc1cc(/C=N/NC(=O)c2ccc(-c3csc(Nc4ccc(C)cc4)n3)cc2)cc(Cl)c1OCc1ccc(OCc2ccccc2)c(OC)c1. The highest BCUT2D eigenvalue weighted by Gasteiger charge is 2.15. The first-order valence-corrected chi connectivity index (χ1v) is 17.8. The summed E-state index contributed by atoms with van der Waals surface area (Å²) in [6, 6.07) is 34.4. The molecule has 0 aliphatic carbocycles. The van der Waals surface area contributed by atoms with Gasteiger partial charge in [-0.1, -0.05) is 77.8 Å². The van der Waals surface area contributed by atoms with Gasteiger partial charge in [-0.25, -0.2) is 10.4 Å². The summed E-state index contributed by atoms with van der Waals surface area (Å²) in [6.45, 7) is 4.96. The Morgan fingerprint density at radius 3 is 2.37 bits per heavy atom. The summed E-state index contributed by atoms with van der Waals surface area (Å²) in [5, 5.41) is 10.6. The maximum atomic E-state index is 12.9. The number of anilines is 2. The van der Waals surface area contributed by atoms with E-state index in [4.69, 9.17) is 30.5 Å². The molecule has 0 fully saturated rings. The zero-order chi connectivity index (χ0) is 36.3. The second-order valence-electron chi connectivity index (χ2n) is 11.6. The molecule has 0 saturated heterocycles. The number of halogens is 1. The Balaban J connectivity index is 1.05. The third-order valence-electron chi connectivity index (χ3n) is 7.81. The van der Waals surface area contributed by atoms with E-state index < -0.39 is 0 Å². The average molecular weight is 733 g/mol. The van der Waals surface area contributed by atoms with Crippen LogP contribution in [-0.2, 0) is 13.2 Å². The molecule has 6 aromatic rings. The van der Waals surface area contributed by atoms with Crippen LogP contribution in [0.5, 0.6) is 23.0 Å². The van der Waals surface area contributed by atoms with Gasteiger partial charge in [0.15, 0.2) is 28.1 Å². The standard InChI is InChI=1S/C41H37ClN4O5S/c1-4-49-38-22-30(20-34(42)39(38)51-25-29-12-19-36(37(21-29)48-3)50-24-28-8-6-5-7-9-28)23-43-46-40(47)32-15-13-31(14-16-32)35-26-52-41(45-35)44-33-17-10-27(2)11-18-33/h5-23,26H,4,24-25H2,1-3H3,(H,44,45)(H,46,47)/b43-23+. The molecule has 0 bridgehead atoms. The Labute approximate surface area is 311 Å². The molecule has 0 unspecified atom stereocenters. The molecule has 1 amide bonds. The third kappa shape index (κ3) is 9.48. The lowest BCUT2D eigenvalue weighted by Gasteiger charge is -2.16. The maximum Gasteiger partial charge on any atom is 0.271 e. The van der Waals surface area contributed by atoms with Gasteiger partial charge in [0.25, 0.3) is 5.91 Å². The topological polar surface area (TPSA) is 103 Å². The van der Waals surface area contributed by atoms with Gasteiger partial charge in [-0.2, -0.15) is 5.10 Å². The molecule has 264 valence electrons. The number of rotatable bonds is 15. The summed E-state index contributed by atoms with van der Waals surface area (Å²) >= 11 is 8.18. The largest absolute Gasteiger partial charge is 0.493 e. The summed E-state index contributed by atoms with van der Waals surface area (Å²) < 4.78 is 23.5. The number of hydrazone groups is 1. The zero-order valence-electron chi connectivity index (χ0n) is 28.9. The van der Waals surface area contributed by atoms with E-state index in [1.165, 1.54) is 23.1 Å². The molecular weight excluding hydrogens is 696 g/mol. The molecule has 5 aromatic carbocycles. The van der Waals surface area contributed by atoms with Crippen molar-refractivity contribution in [1.29, 1.82) is 0 Å². The fourth-order valence-electron chi connectivity index (χ4n) is 5.12. The van der Waals surface area contributed by atoms with Gasteiger partial charge in [-0.3, -0.25) is 4.79 Å². The number of carbonyl (C=O) groups is 1. The Bertz CT molecular complexity index is 2140. The van der Waals surface area contributed by atoms with Crippen LogP contribution >= 0.6 is 22.9 Å². The zero-order valence-corrected chi connectivity index (χ0v) is 30.5. The van der Waals surface area contributed by atoms with Gasteiger partial charge in [0, 0.05) is 22.2 Å². The molecule has 0 saturated carbocycles. The lowest BCUT2D eigenvalue weighted by molar-refractivity contribution is 0.0955. The van der Waals surface area contributed by atoms with Gasteiger partial charge in [0.1, 0.15) is 13.2 Å². The van der Waals surface area contributed by atoms with Crippen molar-refractivity contribution in [2.75, 3.05) is 19.0 Å². The van der Waals surface area contributed by atoms with Crippen molar-refractivity contribution in [2.45, 2.75) is 27.1 Å². The van der Waals surface area contributed by atoms with Crippen LogP contribution in [0.25, 0.3) is 11.3 Å². The van der Waals surface area contributed by atoms with Crippen molar-refractivity contribution >= 4 is 45.9 Å². The second kappa shape index (κ2) is 17.4. The summed E-state index contributed by atoms with van der Waals surface area (Å²) in [6.07, 6.45) is 1.50. The molecule has 0 atom stereocenters. The van der Waals surface area contributed by atoms with Gasteiger partial charge >= 0.3 is 0 Å². The van der Waals surface area contributed by atoms with Gasteiger partial charge in [0.2, 0.25) is 0 Å². The number of nitrogens with zero attached hydrogens (tertiary/aromatic N) is 2. The van der Waals surface area contributed by atoms with E-state index in [0.717, 1.165) is 33.2 Å². The van der Waals surface area contributed by atoms with Gasteiger partial charge < -0.3 is 24.3 Å². The number of thiazole rings is 1. The van der Waals surface area contributed by atoms with E-state index in [0.29, 0.717) is 52.4 Å². The lowest BCUT2D eigenvalue weighted by atomic mass is 10.1. The predicted octanol–water partition coefficient (Wildman–Crippen LogP) is 9.84. The third-order valence-corrected chi connectivity index (χ3v) is 8.85. The second-order valence-corrected chi connectivity index (χ2v) is 12.9. The maximum absolute atomic E-state index is 12.9. The molecule has 6 rings (SSSR count). The number of nitrogens with one attached hydrogen (secondary N) is 2. The van der Waals surface area contributed by atoms with Crippen molar-refractivity contribution in [3.8, 4) is 34.3 Å². The normalized spacial score (nSPS) is 10.9. The van der Waals surface area contributed by atoms with Gasteiger partial charge in [-0.05, 0) is 79.1 Å². The Kier molecular flexibility index (Phi) is 12.0. The van der Waals surface area contributed by atoms with Gasteiger partial charge in [-0.15, -0.1) is 11.3 Å². The first kappa shape index (κ1) is 36.0. The molecule has 0 radical (unpaired) electrons. The average Bonchev–Trinajstić information content (AvgIpc) is 3.63. The molecule has 11 heteroatoms. The first-order valence-electron chi connectivity index (χ1n) is 16.5. The van der Waals surface area contributed by atoms with E-state index in [1.807, 2.05) is 97.2 Å². The monoisotopic (exact) mass is 732 g/mol. The number of benzene rings is 5. The summed E-state index contributed by atoms with van der Waals surface area (Å²) in [5.41, 5.74) is 9.47. The smallest absolute Gasteiger partial charge is 0.271 e. The van der Waals surface area contributed by atoms with Crippen LogP contribution in [-0.4, -0.2) is 30.8 Å². The van der Waals surface area contributed by atoms with Crippen LogP contribution in [0.2, 0.25) is 5.02 Å². The fourth-order valence-corrected chi connectivity index (χ4v) is 6.14. The molecule has 2 N–H and O–H groups in total. The molecule has 0 spiro atoms. The predicted molar refractivity (Wildman–Crippen MR) is 208 cm³/mol. The number of aromatic nitrogens is 1. The molecule has 1 aromatic heterocycles. The molecule has 9 nitrogen and oxygen atoms in total. The van der Waals surface area contributed by atoms with Crippen molar-refractivity contribution < 1.29 is 23.7 Å². The number of ether oxygens (including phenoxy) is 4. The van der Waals surface area contributed by atoms with Crippen LogP contribution in [0.1, 0.15) is 39.5 Å². The minimum absolute atomic E-state index is 0.214. The van der Waals surface area contributed by atoms with Crippen LogP contribution in [0, 0.1) is 6.92 Å². The van der Waals surface area contributed by atoms with Gasteiger partial charge in [0.05, 0.1) is 30.6 Å². The highest BCUT2D eigenvalue weighted by atomic mass is 35.5. The van der Waals surface area contributed by atoms with E-state index in [1.54, 1.807) is 31.4 Å². The minimum Gasteiger partial charge on any atom is -0.493 e. The molecular formula is C41H37ClN4O5S. The Morgan fingerprint density at radius 1 is 0.846 bits per heavy atom. The lowest BCUT2D eigenvalue weighted by Crippen LogP contribution is -2.17. The van der Waals surface area contributed by atoms with Crippen molar-refractivity contribution in [3.05, 3.63) is 147 Å². The van der Waals surface area contributed by atoms with Crippen LogP contribution in [0.4, 0.5) is 10.8 Å². The molecule has 0 aliphatic heterocycles. The van der Waals surface area contributed by atoms with E-state index in [-0.39, 0.29) is 12.5 Å². The van der Waals surface area contributed by atoms with E-state index in [9.17, 15) is 4.79 Å². The van der Waals surface area contributed by atoms with E-state index >= 15 is 0 Å². The Morgan fingerprint density at radius 2 is 1.62 bits per heavy atom. The van der Waals surface area contributed by atoms with Crippen molar-refractivity contribution in [3.63, 3.8) is 0 Å². The number of hydrogen-bond donors (Lipinski definition) is 2. The van der Waals surface area contributed by atoms with Crippen molar-refractivity contribution in [2.24, 2.45) is 5.10 Å². The minimum atomic E-state index is -0.356. The van der Waals surface area contributed by atoms with Crippen LogP contribution in [0.3, 0.4) is 0 Å². The Hall–Kier alpha value is -5.84. The molecule has 1 heterocycles. The highest BCUT2D eigenvalue weighted by Crippen LogP contribution is 2.38. The molecule has 52 heavy (non-hydrogen) atoms. The molecule has 0 aliphatic rings. The van der Waals surface area contributed by atoms with E-state index in [2.05, 4.69) is 27.8 Å². The number of aryl methyl sites for hydroxylation is 1. The summed E-state index contributed by atoms with van der Waals surface area (Å²) in [4.78, 5) is 17.5. The number of amides is 1. The quantitative estimate of drug-likeness (QED) is 0.0800. The summed E-state index contributed by atoms with van der Waals surface area (Å²) in [5.74, 6) is 1.72. The van der Waals surface area contributed by atoms with Crippen LogP contribution < -0.4 is 29.7 Å². The fraction of sp³-hybridized carbons (Fsp3) is 0.146. The number of carbonyl (C=O) groups excluding carboxylic acids is 1. The first-order chi connectivity index (χ1) is 25.4. The number of methoxy groups -OCH3 is 1. The van der Waals surface area contributed by atoms with Crippen LogP contribution in [0.15, 0.2) is 120 Å². The van der Waals surface area contributed by atoms with Crippen molar-refractivity contribution in [1.82, 2.24) is 10.4 Å². The number of hydrogen-bond acceptors (Lipinski definition) is 9. The summed E-state index contributed by atoms with van der Waals surface area (Å²) in [7, 11) is 1.60. The highest BCUT2D eigenvalue weighted by molar-refractivity contribution is 7.14.